The van der Waals surface area contributed by atoms with E-state index in [4.69, 9.17) is 0 Å². The van der Waals surface area contributed by atoms with Crippen molar-refractivity contribution in [1.29, 1.82) is 0 Å². The van der Waals surface area contributed by atoms with Crippen molar-refractivity contribution in [2.45, 2.75) is 11.3 Å². The molecule has 0 amide bonds. The number of aromatic nitrogens is 1. The molecule has 1 atom stereocenters. The summed E-state index contributed by atoms with van der Waals surface area (Å²) in [4.78, 5) is 6.71. The quantitative estimate of drug-likeness (QED) is 0.775. The number of sulfonamides is 1. The molecule has 0 aliphatic carbocycles. The lowest BCUT2D eigenvalue weighted by atomic mass is 10.2. The number of rotatable bonds is 4. The largest absolute Gasteiger partial charge is 0.356 e. The maximum atomic E-state index is 11.9. The number of pyridine rings is 1. The van der Waals surface area contributed by atoms with E-state index in [1.54, 1.807) is 12.1 Å². The van der Waals surface area contributed by atoms with Gasteiger partial charge in [0.15, 0.2) is 0 Å². The van der Waals surface area contributed by atoms with Gasteiger partial charge in [-0.25, -0.2) is 17.7 Å². The molecule has 0 spiro atoms. The van der Waals surface area contributed by atoms with E-state index in [0.29, 0.717) is 5.92 Å². The maximum Gasteiger partial charge on any atom is 0.244 e. The van der Waals surface area contributed by atoms with Gasteiger partial charge in [0.25, 0.3) is 0 Å². The van der Waals surface area contributed by atoms with Crippen LogP contribution in [0, 0.1) is 5.92 Å². The molecule has 5 nitrogen and oxygen atoms in total. The van der Waals surface area contributed by atoms with Crippen LogP contribution < -0.4 is 4.90 Å². The van der Waals surface area contributed by atoms with E-state index in [1.807, 2.05) is 0 Å². The van der Waals surface area contributed by atoms with Gasteiger partial charge in [-0.2, -0.15) is 0 Å². The Balaban J connectivity index is 2.16. The van der Waals surface area contributed by atoms with Crippen LogP contribution in [0.25, 0.3) is 0 Å². The highest BCUT2D eigenvalue weighted by Gasteiger charge is 2.23. The average molecular weight is 348 g/mol. The second-order valence-corrected chi connectivity index (χ2v) is 7.69. The fourth-order valence-electron chi connectivity index (χ4n) is 2.09. The minimum atomic E-state index is -3.39. The summed E-state index contributed by atoms with van der Waals surface area (Å²) in [6.07, 6.45) is 2.58. The fourth-order valence-corrected chi connectivity index (χ4v) is 3.47. The molecule has 1 unspecified atom stereocenters. The minimum absolute atomic E-state index is 0.234. The molecule has 19 heavy (non-hydrogen) atoms. The lowest BCUT2D eigenvalue weighted by Crippen LogP contribution is -2.23. The van der Waals surface area contributed by atoms with E-state index in [0.717, 1.165) is 30.7 Å². The first-order chi connectivity index (χ1) is 8.95. The van der Waals surface area contributed by atoms with E-state index >= 15 is 0 Å². The number of hydrogen-bond acceptors (Lipinski definition) is 4. The van der Waals surface area contributed by atoms with Crippen molar-refractivity contribution in [3.8, 4) is 0 Å². The standard InChI is InChI=1S/C12H18BrN3O2S/c1-15(2)19(17,18)11-3-4-12(14-8-11)16-6-5-10(7-13)9-16/h3-4,8,10H,5-7,9H2,1-2H3. The third-order valence-corrected chi connectivity index (χ3v) is 6.04. The van der Waals surface area contributed by atoms with Gasteiger partial charge in [0.05, 0.1) is 0 Å². The molecule has 1 aliphatic heterocycles. The molecule has 0 bridgehead atoms. The number of hydrogen-bond donors (Lipinski definition) is 0. The zero-order valence-electron chi connectivity index (χ0n) is 11.1. The fraction of sp³-hybridized carbons (Fsp3) is 0.583. The van der Waals surface area contributed by atoms with Crippen LogP contribution in [0.5, 0.6) is 0 Å². The van der Waals surface area contributed by atoms with Gasteiger partial charge in [-0.05, 0) is 24.5 Å². The molecule has 1 aromatic rings. The second kappa shape index (κ2) is 5.76. The van der Waals surface area contributed by atoms with E-state index in [9.17, 15) is 8.42 Å². The molecule has 1 aromatic heterocycles. The molecule has 1 fully saturated rings. The highest BCUT2D eigenvalue weighted by atomic mass is 79.9. The Labute approximate surface area is 122 Å². The summed E-state index contributed by atoms with van der Waals surface area (Å²) in [5.41, 5.74) is 0. The highest BCUT2D eigenvalue weighted by molar-refractivity contribution is 9.09. The lowest BCUT2D eigenvalue weighted by molar-refractivity contribution is 0.520. The number of halogens is 1. The van der Waals surface area contributed by atoms with Crippen LogP contribution in [0.4, 0.5) is 5.82 Å². The van der Waals surface area contributed by atoms with Crippen LogP contribution in [0.15, 0.2) is 23.2 Å². The molecule has 0 aromatic carbocycles. The van der Waals surface area contributed by atoms with Crippen molar-refractivity contribution < 1.29 is 8.42 Å². The Hall–Kier alpha value is -0.660. The van der Waals surface area contributed by atoms with Crippen LogP contribution in [0.2, 0.25) is 0 Å². The van der Waals surface area contributed by atoms with E-state index in [2.05, 4.69) is 25.8 Å². The average Bonchev–Trinajstić information content (AvgIpc) is 2.87. The van der Waals surface area contributed by atoms with Gasteiger partial charge in [0.2, 0.25) is 10.0 Å². The molecule has 106 valence electrons. The van der Waals surface area contributed by atoms with Crippen LogP contribution in [-0.4, -0.2) is 50.2 Å². The summed E-state index contributed by atoms with van der Waals surface area (Å²) in [6, 6.07) is 3.41. The van der Waals surface area contributed by atoms with Crippen molar-refractivity contribution in [1.82, 2.24) is 9.29 Å². The van der Waals surface area contributed by atoms with Gasteiger partial charge in [-0.1, -0.05) is 15.9 Å². The van der Waals surface area contributed by atoms with Crippen LogP contribution in [-0.2, 0) is 10.0 Å². The third-order valence-electron chi connectivity index (χ3n) is 3.33. The number of alkyl halides is 1. The maximum absolute atomic E-state index is 11.9. The van der Waals surface area contributed by atoms with Gasteiger partial charge < -0.3 is 4.90 Å². The van der Waals surface area contributed by atoms with Crippen LogP contribution >= 0.6 is 15.9 Å². The SMILES string of the molecule is CN(C)S(=O)(=O)c1ccc(N2CCC(CBr)C2)nc1. The predicted octanol–water partition coefficient (Wildman–Crippen LogP) is 1.55. The van der Waals surface area contributed by atoms with E-state index in [-0.39, 0.29) is 4.90 Å². The Bertz CT molecular complexity index is 530. The molecule has 2 rings (SSSR count). The summed E-state index contributed by atoms with van der Waals surface area (Å²) in [6.45, 7) is 1.95. The Morgan fingerprint density at radius 2 is 2.21 bits per heavy atom. The zero-order chi connectivity index (χ0) is 14.0. The van der Waals surface area contributed by atoms with Gasteiger partial charge in [-0.3, -0.25) is 0 Å². The topological polar surface area (TPSA) is 53.5 Å². The van der Waals surface area contributed by atoms with Crippen molar-refractivity contribution in [3.63, 3.8) is 0 Å². The van der Waals surface area contributed by atoms with Crippen molar-refractivity contribution in [3.05, 3.63) is 18.3 Å². The van der Waals surface area contributed by atoms with Gasteiger partial charge in [-0.15, -0.1) is 0 Å². The molecule has 0 N–H and O–H groups in total. The summed E-state index contributed by atoms with van der Waals surface area (Å²) in [5.74, 6) is 1.49. The zero-order valence-corrected chi connectivity index (χ0v) is 13.5. The summed E-state index contributed by atoms with van der Waals surface area (Å²) in [7, 11) is -0.351. The predicted molar refractivity (Wildman–Crippen MR) is 79.2 cm³/mol. The Kier molecular flexibility index (Phi) is 4.47. The molecular weight excluding hydrogens is 330 g/mol. The first-order valence-electron chi connectivity index (χ1n) is 6.14. The van der Waals surface area contributed by atoms with Gasteiger partial charge in [0.1, 0.15) is 10.7 Å². The second-order valence-electron chi connectivity index (χ2n) is 4.89. The normalized spacial score (nSPS) is 20.2. The number of nitrogens with zero attached hydrogens (tertiary/aromatic N) is 3. The first-order valence-corrected chi connectivity index (χ1v) is 8.71. The van der Waals surface area contributed by atoms with E-state index < -0.39 is 10.0 Å². The van der Waals surface area contributed by atoms with Crippen molar-refractivity contribution in [2.24, 2.45) is 5.92 Å². The molecule has 0 saturated carbocycles. The third kappa shape index (κ3) is 3.09. The summed E-state index contributed by atoms with van der Waals surface area (Å²) >= 11 is 3.50. The van der Waals surface area contributed by atoms with Gasteiger partial charge >= 0.3 is 0 Å². The molecule has 1 saturated heterocycles. The van der Waals surface area contributed by atoms with Crippen LogP contribution in [0.1, 0.15) is 6.42 Å². The van der Waals surface area contributed by atoms with E-state index in [1.165, 1.54) is 24.6 Å². The smallest absolute Gasteiger partial charge is 0.244 e. The molecule has 7 heteroatoms. The highest BCUT2D eigenvalue weighted by Crippen LogP contribution is 2.24. The van der Waals surface area contributed by atoms with Crippen molar-refractivity contribution in [2.75, 3.05) is 37.4 Å². The van der Waals surface area contributed by atoms with Crippen LogP contribution in [0.3, 0.4) is 0 Å². The van der Waals surface area contributed by atoms with Crippen molar-refractivity contribution >= 4 is 31.8 Å². The molecular formula is C12H18BrN3O2S. The minimum Gasteiger partial charge on any atom is -0.356 e. The molecule has 1 aliphatic rings. The Morgan fingerprint density at radius 1 is 1.47 bits per heavy atom. The van der Waals surface area contributed by atoms with Gasteiger partial charge in [0, 0.05) is 38.7 Å². The lowest BCUT2D eigenvalue weighted by Gasteiger charge is -2.18. The number of anilines is 1. The Morgan fingerprint density at radius 3 is 2.68 bits per heavy atom. The summed E-state index contributed by atoms with van der Waals surface area (Å²) in [5, 5.41) is 0.997. The molecule has 0 radical (unpaired) electrons. The monoisotopic (exact) mass is 347 g/mol. The summed E-state index contributed by atoms with van der Waals surface area (Å²) < 4.78 is 25.1. The first kappa shape index (κ1) is 14.7. The molecule has 2 heterocycles.